The molecule has 3 nitrogen and oxygen atoms in total. The van der Waals surface area contributed by atoms with Crippen LogP contribution in [0.15, 0.2) is 18.2 Å². The van der Waals surface area contributed by atoms with Crippen LogP contribution >= 0.6 is 12.2 Å². The molecule has 0 unspecified atom stereocenters. The summed E-state index contributed by atoms with van der Waals surface area (Å²) in [7, 11) is 0. The smallest absolute Gasteiger partial charge is 0.166 e. The second-order valence-corrected chi connectivity index (χ2v) is 5.97. The highest BCUT2D eigenvalue weighted by Crippen LogP contribution is 2.15. The number of hydrogen-bond donors (Lipinski definition) is 2. The van der Waals surface area contributed by atoms with Crippen LogP contribution in [0.5, 0.6) is 0 Å². The number of piperazine rings is 1. The van der Waals surface area contributed by atoms with Gasteiger partial charge >= 0.3 is 0 Å². The van der Waals surface area contributed by atoms with Gasteiger partial charge < -0.3 is 15.5 Å². The first-order valence-corrected chi connectivity index (χ1v) is 7.36. The molecule has 1 saturated heterocycles. The predicted octanol–water partition coefficient (Wildman–Crippen LogP) is 0.809. The molecule has 104 valence electrons. The fourth-order valence-corrected chi connectivity index (χ4v) is 2.90. The molecule has 0 bridgehead atoms. The van der Waals surface area contributed by atoms with E-state index in [0.717, 1.165) is 26.2 Å². The Kier molecular flexibility index (Phi) is 4.42. The molecule has 1 aliphatic heterocycles. The zero-order valence-corrected chi connectivity index (χ0v) is 12.9. The van der Waals surface area contributed by atoms with E-state index in [1.807, 2.05) is 0 Å². The van der Waals surface area contributed by atoms with E-state index in [1.165, 1.54) is 16.7 Å². The van der Waals surface area contributed by atoms with Crippen LogP contribution in [0.2, 0.25) is 0 Å². The molecular formula is C15H24N3S+. The van der Waals surface area contributed by atoms with Crippen LogP contribution in [-0.2, 0) is 0 Å². The van der Waals surface area contributed by atoms with E-state index in [1.54, 1.807) is 4.90 Å². The van der Waals surface area contributed by atoms with Gasteiger partial charge in [0.1, 0.15) is 6.04 Å². The van der Waals surface area contributed by atoms with E-state index in [-0.39, 0.29) is 0 Å². The van der Waals surface area contributed by atoms with Crippen LogP contribution in [0, 0.1) is 13.8 Å². The van der Waals surface area contributed by atoms with E-state index < -0.39 is 0 Å². The van der Waals surface area contributed by atoms with Crippen LogP contribution in [0.3, 0.4) is 0 Å². The molecule has 0 aromatic heterocycles. The molecule has 2 rings (SSSR count). The Morgan fingerprint density at radius 2 is 1.89 bits per heavy atom. The molecule has 3 N–H and O–H groups in total. The van der Waals surface area contributed by atoms with Gasteiger partial charge in [-0.15, -0.1) is 0 Å². The van der Waals surface area contributed by atoms with Gasteiger partial charge in [-0.05, 0) is 50.2 Å². The molecule has 1 aromatic rings. The van der Waals surface area contributed by atoms with Gasteiger partial charge in [0.05, 0.1) is 26.2 Å². The van der Waals surface area contributed by atoms with Gasteiger partial charge in [0.2, 0.25) is 0 Å². The molecule has 0 radical (unpaired) electrons. The Morgan fingerprint density at radius 3 is 2.42 bits per heavy atom. The number of benzene rings is 1. The first-order valence-electron chi connectivity index (χ1n) is 6.95. The van der Waals surface area contributed by atoms with E-state index in [4.69, 9.17) is 18.0 Å². The van der Waals surface area contributed by atoms with Gasteiger partial charge in [-0.3, -0.25) is 0 Å². The summed E-state index contributed by atoms with van der Waals surface area (Å²) in [5.41, 5.74) is 9.86. The Morgan fingerprint density at radius 1 is 1.26 bits per heavy atom. The molecule has 0 amide bonds. The van der Waals surface area contributed by atoms with Crippen LogP contribution in [-0.4, -0.2) is 36.2 Å². The van der Waals surface area contributed by atoms with Crippen molar-refractivity contribution in [3.63, 3.8) is 0 Å². The zero-order valence-electron chi connectivity index (χ0n) is 12.1. The molecule has 0 saturated carbocycles. The maximum absolute atomic E-state index is 5.68. The van der Waals surface area contributed by atoms with E-state index >= 15 is 0 Å². The van der Waals surface area contributed by atoms with Crippen LogP contribution in [0.4, 0.5) is 0 Å². The maximum atomic E-state index is 5.68. The molecule has 1 aliphatic rings. The average molecular weight is 278 g/mol. The Bertz CT molecular complexity index is 464. The lowest BCUT2D eigenvalue weighted by molar-refractivity contribution is -0.933. The first-order chi connectivity index (χ1) is 8.99. The molecule has 0 spiro atoms. The van der Waals surface area contributed by atoms with Crippen molar-refractivity contribution in [1.82, 2.24) is 4.90 Å². The van der Waals surface area contributed by atoms with Crippen molar-refractivity contribution >= 4 is 17.3 Å². The second-order valence-electron chi connectivity index (χ2n) is 5.55. The summed E-state index contributed by atoms with van der Waals surface area (Å²) in [5, 5.41) is 0.540. The molecule has 1 aromatic carbocycles. The number of hydrogen-bond acceptors (Lipinski definition) is 1. The summed E-state index contributed by atoms with van der Waals surface area (Å²) >= 11 is 5.04. The third-order valence-corrected chi connectivity index (χ3v) is 4.62. The van der Waals surface area contributed by atoms with Gasteiger partial charge in [-0.1, -0.05) is 12.1 Å². The highest BCUT2D eigenvalue weighted by Gasteiger charge is 2.25. The zero-order chi connectivity index (χ0) is 14.0. The monoisotopic (exact) mass is 278 g/mol. The number of rotatable bonds is 2. The highest BCUT2D eigenvalue weighted by molar-refractivity contribution is 7.80. The molecule has 0 aliphatic carbocycles. The molecule has 1 fully saturated rings. The van der Waals surface area contributed by atoms with Gasteiger partial charge in [0.25, 0.3) is 0 Å². The lowest BCUT2D eigenvalue weighted by atomic mass is 10.0. The minimum absolute atomic E-state index is 0.535. The summed E-state index contributed by atoms with van der Waals surface area (Å²) in [5.74, 6) is 0. The minimum atomic E-state index is 0.535. The molecule has 1 atom stereocenters. The van der Waals surface area contributed by atoms with Gasteiger partial charge in [0.15, 0.2) is 5.11 Å². The number of nitrogens with zero attached hydrogens (tertiary/aromatic N) is 1. The Hall–Kier alpha value is -1.13. The molecule has 19 heavy (non-hydrogen) atoms. The van der Waals surface area contributed by atoms with Gasteiger partial charge in [-0.2, -0.15) is 0 Å². The lowest BCUT2D eigenvalue weighted by Gasteiger charge is -2.35. The Balaban J connectivity index is 2.02. The van der Waals surface area contributed by atoms with Crippen molar-refractivity contribution < 1.29 is 4.90 Å². The van der Waals surface area contributed by atoms with E-state index in [2.05, 4.69) is 43.9 Å². The first kappa shape index (κ1) is 14.3. The summed E-state index contributed by atoms with van der Waals surface area (Å²) < 4.78 is 0. The predicted molar refractivity (Wildman–Crippen MR) is 83.4 cm³/mol. The van der Waals surface area contributed by atoms with Crippen molar-refractivity contribution in [1.29, 1.82) is 0 Å². The van der Waals surface area contributed by atoms with E-state index in [9.17, 15) is 0 Å². The topological polar surface area (TPSA) is 33.7 Å². The number of aryl methyl sites for hydroxylation is 2. The van der Waals surface area contributed by atoms with Crippen molar-refractivity contribution in [3.8, 4) is 0 Å². The number of thiocarbonyl (C=S) groups is 1. The quantitative estimate of drug-likeness (QED) is 0.786. The van der Waals surface area contributed by atoms with Crippen molar-refractivity contribution in [2.45, 2.75) is 26.8 Å². The lowest BCUT2D eigenvalue weighted by Crippen LogP contribution is -3.14. The normalized spacial score (nSPS) is 18.4. The van der Waals surface area contributed by atoms with Crippen LogP contribution in [0.1, 0.15) is 29.7 Å². The number of quaternary nitrogens is 1. The number of nitrogens with two attached hydrogens (primary N) is 1. The van der Waals surface area contributed by atoms with Gasteiger partial charge in [-0.25, -0.2) is 0 Å². The highest BCUT2D eigenvalue weighted by atomic mass is 32.1. The average Bonchev–Trinajstić information content (AvgIpc) is 2.41. The summed E-state index contributed by atoms with van der Waals surface area (Å²) in [6.45, 7) is 10.8. The van der Waals surface area contributed by atoms with Crippen LogP contribution in [0.25, 0.3) is 0 Å². The summed E-state index contributed by atoms with van der Waals surface area (Å²) in [6.07, 6.45) is 0. The maximum Gasteiger partial charge on any atom is 0.166 e. The van der Waals surface area contributed by atoms with Gasteiger partial charge in [0, 0.05) is 5.56 Å². The second kappa shape index (κ2) is 5.88. The third kappa shape index (κ3) is 3.25. The van der Waals surface area contributed by atoms with Crippen molar-refractivity contribution in [3.05, 3.63) is 34.9 Å². The largest absolute Gasteiger partial charge is 0.376 e. The minimum Gasteiger partial charge on any atom is -0.376 e. The van der Waals surface area contributed by atoms with Crippen LogP contribution < -0.4 is 10.6 Å². The fourth-order valence-electron chi connectivity index (χ4n) is 2.72. The number of nitrogens with one attached hydrogen (secondary N) is 1. The molecular weight excluding hydrogens is 254 g/mol. The van der Waals surface area contributed by atoms with Crippen molar-refractivity contribution in [2.24, 2.45) is 5.73 Å². The Labute approximate surface area is 121 Å². The van der Waals surface area contributed by atoms with E-state index in [0.29, 0.717) is 11.2 Å². The standard InChI is InChI=1S/C15H23N3S/c1-11-4-5-14(10-12(11)2)13(3)17-6-8-18(9-7-17)15(16)19/h4-5,10,13H,6-9H2,1-3H3,(H2,16,19)/p+1/t13-/m0/s1. The SMILES string of the molecule is Cc1ccc([C@H](C)[NH+]2CCN(C(N)=S)CC2)cc1C. The van der Waals surface area contributed by atoms with Crippen molar-refractivity contribution in [2.75, 3.05) is 26.2 Å². The summed E-state index contributed by atoms with van der Waals surface area (Å²) in [4.78, 5) is 3.72. The fraction of sp³-hybridized carbons (Fsp3) is 0.533. The molecule has 1 heterocycles. The summed E-state index contributed by atoms with van der Waals surface area (Å²) in [6, 6.07) is 7.35. The molecule has 4 heteroatoms. The third-order valence-electron chi connectivity index (χ3n) is 4.36.